The molecule has 2 amide bonds. The zero-order valence-electron chi connectivity index (χ0n) is 13.4. The molecule has 2 aromatic rings. The molecule has 0 saturated carbocycles. The number of fused-ring (bicyclic) bond motifs is 1. The van der Waals surface area contributed by atoms with Crippen molar-refractivity contribution in [2.45, 2.75) is 30.4 Å². The number of hydrogen-bond donors (Lipinski definition) is 2. The first-order chi connectivity index (χ1) is 11.4. The summed E-state index contributed by atoms with van der Waals surface area (Å²) in [4.78, 5) is 25.5. The Morgan fingerprint density at radius 1 is 1.29 bits per heavy atom. The van der Waals surface area contributed by atoms with Gasteiger partial charge in [-0.1, -0.05) is 29.8 Å². The van der Waals surface area contributed by atoms with Gasteiger partial charge in [0.1, 0.15) is 0 Å². The molecule has 6 heteroatoms. The van der Waals surface area contributed by atoms with E-state index in [9.17, 15) is 9.59 Å². The van der Waals surface area contributed by atoms with Gasteiger partial charge in [-0.15, -0.1) is 11.8 Å². The highest BCUT2D eigenvalue weighted by Crippen LogP contribution is 2.37. The molecular weight excluding hydrogens is 344 g/mol. The number of rotatable bonds is 3. The Kier molecular flexibility index (Phi) is 4.83. The minimum Gasteiger partial charge on any atom is -0.325 e. The van der Waals surface area contributed by atoms with Crippen LogP contribution in [-0.2, 0) is 9.59 Å². The minimum atomic E-state index is -0.454. The zero-order chi connectivity index (χ0) is 17.3. The molecule has 0 saturated heterocycles. The molecule has 4 nitrogen and oxygen atoms in total. The molecular formula is C18H17ClN2O2S. The predicted molar refractivity (Wildman–Crippen MR) is 98.9 cm³/mol. The maximum atomic E-state index is 12.4. The number of benzene rings is 2. The van der Waals surface area contributed by atoms with E-state index in [1.54, 1.807) is 0 Å². The number of para-hydroxylation sites is 1. The zero-order valence-corrected chi connectivity index (χ0v) is 14.9. The summed E-state index contributed by atoms with van der Waals surface area (Å²) in [6, 6.07) is 11.3. The topological polar surface area (TPSA) is 58.2 Å². The number of carbonyl (C=O) groups is 2. The van der Waals surface area contributed by atoms with Gasteiger partial charge < -0.3 is 10.6 Å². The second-order valence-electron chi connectivity index (χ2n) is 5.78. The smallest absolute Gasteiger partial charge is 0.238 e. The van der Waals surface area contributed by atoms with Crippen LogP contribution in [0.2, 0.25) is 5.02 Å². The molecule has 1 atom stereocenters. The third-order valence-corrected chi connectivity index (χ3v) is 5.35. The molecule has 1 aliphatic rings. The summed E-state index contributed by atoms with van der Waals surface area (Å²) in [6.45, 7) is 3.84. The molecule has 2 aromatic carbocycles. The highest BCUT2D eigenvalue weighted by Gasteiger charge is 2.29. The van der Waals surface area contributed by atoms with Gasteiger partial charge in [0.05, 0.1) is 21.6 Å². The van der Waals surface area contributed by atoms with Crippen molar-refractivity contribution in [2.24, 2.45) is 0 Å². The molecule has 124 valence electrons. The number of nitrogens with one attached hydrogen (secondary N) is 2. The van der Waals surface area contributed by atoms with Crippen LogP contribution in [0.15, 0.2) is 41.3 Å². The number of thioether (sulfide) groups is 1. The lowest BCUT2D eigenvalue weighted by Gasteiger charge is -2.23. The van der Waals surface area contributed by atoms with Crippen LogP contribution in [-0.4, -0.2) is 17.1 Å². The largest absolute Gasteiger partial charge is 0.325 e. The Morgan fingerprint density at radius 2 is 2.04 bits per heavy atom. The first kappa shape index (κ1) is 16.9. The fraction of sp³-hybridized carbons (Fsp3) is 0.222. The Labute approximate surface area is 150 Å². The summed E-state index contributed by atoms with van der Waals surface area (Å²) in [7, 11) is 0. The summed E-state index contributed by atoms with van der Waals surface area (Å²) in [5, 5.41) is 5.73. The van der Waals surface area contributed by atoms with Crippen molar-refractivity contribution in [1.29, 1.82) is 0 Å². The van der Waals surface area contributed by atoms with Gasteiger partial charge >= 0.3 is 0 Å². The van der Waals surface area contributed by atoms with Crippen LogP contribution in [0.1, 0.15) is 17.5 Å². The lowest BCUT2D eigenvalue weighted by atomic mass is 10.1. The fourth-order valence-electron chi connectivity index (χ4n) is 2.66. The quantitative estimate of drug-likeness (QED) is 0.853. The molecule has 1 heterocycles. The van der Waals surface area contributed by atoms with Gasteiger partial charge in [0.25, 0.3) is 0 Å². The van der Waals surface area contributed by atoms with Crippen molar-refractivity contribution in [2.75, 3.05) is 10.6 Å². The number of hydrogen-bond acceptors (Lipinski definition) is 3. The van der Waals surface area contributed by atoms with Gasteiger partial charge in [-0.05, 0) is 43.2 Å². The highest BCUT2D eigenvalue weighted by atomic mass is 35.5. The number of aryl methyl sites for hydroxylation is 2. The van der Waals surface area contributed by atoms with Crippen molar-refractivity contribution in [3.63, 3.8) is 0 Å². The van der Waals surface area contributed by atoms with Crippen molar-refractivity contribution < 1.29 is 9.59 Å². The Balaban J connectivity index is 1.71. The SMILES string of the molecule is Cc1cc(C)c(NC(=O)CC2Sc3ccccc3NC2=O)c(Cl)c1. The van der Waals surface area contributed by atoms with Gasteiger partial charge in [0.15, 0.2) is 0 Å². The van der Waals surface area contributed by atoms with Gasteiger partial charge in [0.2, 0.25) is 11.8 Å². The molecule has 3 rings (SSSR count). The normalized spacial score (nSPS) is 16.3. The monoisotopic (exact) mass is 360 g/mol. The van der Waals surface area contributed by atoms with E-state index >= 15 is 0 Å². The Bertz CT molecular complexity index is 799. The van der Waals surface area contributed by atoms with Gasteiger partial charge in [-0.25, -0.2) is 0 Å². The predicted octanol–water partition coefficient (Wildman–Crippen LogP) is 4.40. The van der Waals surface area contributed by atoms with Crippen LogP contribution < -0.4 is 10.6 Å². The second kappa shape index (κ2) is 6.87. The molecule has 0 fully saturated rings. The summed E-state index contributed by atoms with van der Waals surface area (Å²) in [6.07, 6.45) is 0.0917. The molecule has 24 heavy (non-hydrogen) atoms. The van der Waals surface area contributed by atoms with E-state index in [2.05, 4.69) is 10.6 Å². The van der Waals surface area contributed by atoms with Gasteiger partial charge in [0, 0.05) is 11.3 Å². The molecule has 0 aliphatic carbocycles. The van der Waals surface area contributed by atoms with Gasteiger partial charge in [-0.3, -0.25) is 9.59 Å². The van der Waals surface area contributed by atoms with Gasteiger partial charge in [-0.2, -0.15) is 0 Å². The van der Waals surface area contributed by atoms with Crippen LogP contribution in [0.4, 0.5) is 11.4 Å². The maximum absolute atomic E-state index is 12.4. The average Bonchev–Trinajstić information content (AvgIpc) is 2.51. The molecule has 0 radical (unpaired) electrons. The van der Waals surface area contributed by atoms with Crippen molar-refractivity contribution in [3.8, 4) is 0 Å². The maximum Gasteiger partial charge on any atom is 0.238 e. The molecule has 2 N–H and O–H groups in total. The number of halogens is 1. The third-order valence-electron chi connectivity index (χ3n) is 3.77. The van der Waals surface area contributed by atoms with E-state index in [1.165, 1.54) is 11.8 Å². The first-order valence-corrected chi connectivity index (χ1v) is 8.83. The fourth-order valence-corrected chi connectivity index (χ4v) is 4.14. The average molecular weight is 361 g/mol. The number of anilines is 2. The van der Waals surface area contributed by atoms with Crippen LogP contribution >= 0.6 is 23.4 Å². The van der Waals surface area contributed by atoms with E-state index in [0.717, 1.165) is 21.7 Å². The number of amides is 2. The highest BCUT2D eigenvalue weighted by molar-refractivity contribution is 8.01. The minimum absolute atomic E-state index is 0.0917. The molecule has 1 aliphatic heterocycles. The number of carbonyl (C=O) groups excluding carboxylic acids is 2. The Hall–Kier alpha value is -1.98. The third kappa shape index (κ3) is 3.57. The molecule has 0 aromatic heterocycles. The molecule has 0 spiro atoms. The summed E-state index contributed by atoms with van der Waals surface area (Å²) in [5.74, 6) is -0.378. The summed E-state index contributed by atoms with van der Waals surface area (Å²) in [5.41, 5.74) is 3.34. The van der Waals surface area contributed by atoms with Crippen LogP contribution in [0.25, 0.3) is 0 Å². The second-order valence-corrected chi connectivity index (χ2v) is 7.43. The van der Waals surface area contributed by atoms with E-state index < -0.39 is 5.25 Å². The van der Waals surface area contributed by atoms with Crippen LogP contribution in [0.3, 0.4) is 0 Å². The summed E-state index contributed by atoms with van der Waals surface area (Å²) >= 11 is 7.63. The van der Waals surface area contributed by atoms with Crippen LogP contribution in [0, 0.1) is 13.8 Å². The van der Waals surface area contributed by atoms with Crippen molar-refractivity contribution in [3.05, 3.63) is 52.5 Å². The van der Waals surface area contributed by atoms with Crippen LogP contribution in [0.5, 0.6) is 0 Å². The van der Waals surface area contributed by atoms with Crippen molar-refractivity contribution >= 4 is 46.6 Å². The van der Waals surface area contributed by atoms with E-state index in [0.29, 0.717) is 10.7 Å². The molecule has 1 unspecified atom stereocenters. The van der Waals surface area contributed by atoms with E-state index in [4.69, 9.17) is 11.6 Å². The lowest BCUT2D eigenvalue weighted by Crippen LogP contribution is -2.32. The lowest BCUT2D eigenvalue weighted by molar-refractivity contribution is -0.120. The summed E-state index contributed by atoms with van der Waals surface area (Å²) < 4.78 is 0. The first-order valence-electron chi connectivity index (χ1n) is 7.57. The molecule has 0 bridgehead atoms. The van der Waals surface area contributed by atoms with E-state index in [-0.39, 0.29) is 18.2 Å². The standard InChI is InChI=1S/C18H17ClN2O2S/c1-10-7-11(2)17(12(19)8-10)21-16(22)9-15-18(23)20-13-5-3-4-6-14(13)24-15/h3-8,15H,9H2,1-2H3,(H,20,23)(H,21,22). The van der Waals surface area contributed by atoms with Crippen molar-refractivity contribution in [1.82, 2.24) is 0 Å². The Morgan fingerprint density at radius 3 is 2.79 bits per heavy atom. The van der Waals surface area contributed by atoms with E-state index in [1.807, 2.05) is 50.2 Å².